The van der Waals surface area contributed by atoms with Crippen LogP contribution in [-0.4, -0.2) is 35.3 Å². The summed E-state index contributed by atoms with van der Waals surface area (Å²) in [5.74, 6) is 0.455. The minimum absolute atomic E-state index is 0.0301. The lowest BCUT2D eigenvalue weighted by Crippen LogP contribution is -2.15. The van der Waals surface area contributed by atoms with Crippen LogP contribution in [0.4, 0.5) is 5.82 Å². The molecule has 1 heterocycles. The molecule has 3 N–H and O–H groups in total. The van der Waals surface area contributed by atoms with E-state index in [1.807, 2.05) is 0 Å². The van der Waals surface area contributed by atoms with Crippen molar-refractivity contribution in [3.63, 3.8) is 0 Å². The Hall–Kier alpha value is -1.56. The Labute approximate surface area is 74.6 Å². The highest BCUT2D eigenvalue weighted by atomic mass is 16.5. The Balaban J connectivity index is 2.92. The molecule has 0 aliphatic rings. The van der Waals surface area contributed by atoms with Gasteiger partial charge in [0.25, 0.3) is 5.56 Å². The van der Waals surface area contributed by atoms with Gasteiger partial charge in [-0.25, -0.2) is 4.98 Å². The molecule has 6 heteroatoms. The van der Waals surface area contributed by atoms with Gasteiger partial charge in [-0.3, -0.25) is 4.79 Å². The van der Waals surface area contributed by atoms with Gasteiger partial charge in [0, 0.05) is 6.54 Å². The summed E-state index contributed by atoms with van der Waals surface area (Å²) in [5.41, 5.74) is -0.349. The third kappa shape index (κ3) is 2.19. The van der Waals surface area contributed by atoms with Crippen molar-refractivity contribution < 1.29 is 9.84 Å². The number of nitrogens with zero attached hydrogens (tertiary/aromatic N) is 1. The molecule has 13 heavy (non-hydrogen) atoms. The van der Waals surface area contributed by atoms with E-state index < -0.39 is 0 Å². The number of aliphatic hydroxyl groups is 1. The zero-order chi connectivity index (χ0) is 9.68. The van der Waals surface area contributed by atoms with E-state index in [2.05, 4.69) is 15.3 Å². The van der Waals surface area contributed by atoms with Crippen LogP contribution in [-0.2, 0) is 0 Å². The molecule has 0 atom stereocenters. The second-order valence-electron chi connectivity index (χ2n) is 2.26. The largest absolute Gasteiger partial charge is 0.489 e. The lowest BCUT2D eigenvalue weighted by molar-refractivity contribution is 0.310. The van der Waals surface area contributed by atoms with Crippen LogP contribution in [0.1, 0.15) is 0 Å². The number of aliphatic hydroxyl groups excluding tert-OH is 1. The maximum absolute atomic E-state index is 11.1. The van der Waals surface area contributed by atoms with Gasteiger partial charge in [-0.2, -0.15) is 0 Å². The fourth-order valence-electron chi connectivity index (χ4n) is 0.877. The van der Waals surface area contributed by atoms with Crippen molar-refractivity contribution in [1.29, 1.82) is 0 Å². The van der Waals surface area contributed by atoms with Gasteiger partial charge in [0.15, 0.2) is 5.82 Å². The van der Waals surface area contributed by atoms with Crippen LogP contribution in [0.3, 0.4) is 0 Å². The summed E-state index contributed by atoms with van der Waals surface area (Å²) in [6.07, 6.45) is 1.27. The number of rotatable bonds is 4. The Morgan fingerprint density at radius 1 is 1.77 bits per heavy atom. The molecule has 0 saturated carbocycles. The van der Waals surface area contributed by atoms with E-state index in [1.165, 1.54) is 13.4 Å². The summed E-state index contributed by atoms with van der Waals surface area (Å²) in [6.45, 7) is 0.296. The average molecular weight is 185 g/mol. The number of H-pyrrole nitrogens is 1. The molecule has 0 spiro atoms. The highest BCUT2D eigenvalue weighted by molar-refractivity contribution is 5.47. The molecule has 0 aromatic carbocycles. The van der Waals surface area contributed by atoms with Crippen LogP contribution in [0.5, 0.6) is 5.75 Å². The molecular formula is C7H11N3O3. The fourth-order valence-corrected chi connectivity index (χ4v) is 0.877. The number of ether oxygens (including phenoxy) is 1. The van der Waals surface area contributed by atoms with Gasteiger partial charge in [0.05, 0.1) is 20.0 Å². The Morgan fingerprint density at radius 3 is 3.15 bits per heavy atom. The molecule has 1 aromatic rings. The van der Waals surface area contributed by atoms with Gasteiger partial charge < -0.3 is 20.1 Å². The van der Waals surface area contributed by atoms with Crippen molar-refractivity contribution in [2.75, 3.05) is 25.6 Å². The second-order valence-corrected chi connectivity index (χ2v) is 2.26. The molecule has 0 bridgehead atoms. The summed E-state index contributed by atoms with van der Waals surface area (Å²) in [4.78, 5) is 17.3. The van der Waals surface area contributed by atoms with Crippen molar-refractivity contribution in [3.8, 4) is 5.75 Å². The number of aromatic amines is 1. The number of hydrogen-bond acceptors (Lipinski definition) is 5. The molecule has 72 valence electrons. The van der Waals surface area contributed by atoms with Crippen molar-refractivity contribution >= 4 is 5.82 Å². The molecule has 0 unspecified atom stereocenters. The van der Waals surface area contributed by atoms with Crippen LogP contribution < -0.4 is 15.6 Å². The fraction of sp³-hybridized carbons (Fsp3) is 0.429. The predicted octanol–water partition coefficient (Wildman–Crippen LogP) is -0.817. The van der Waals surface area contributed by atoms with Crippen molar-refractivity contribution in [1.82, 2.24) is 9.97 Å². The molecule has 6 nitrogen and oxygen atoms in total. The van der Waals surface area contributed by atoms with E-state index in [0.717, 1.165) is 0 Å². The minimum Gasteiger partial charge on any atom is -0.489 e. The first-order valence-corrected chi connectivity index (χ1v) is 3.76. The van der Waals surface area contributed by atoms with E-state index in [9.17, 15) is 4.79 Å². The lowest BCUT2D eigenvalue weighted by atomic mass is 10.5. The number of anilines is 1. The monoisotopic (exact) mass is 185 g/mol. The Bertz CT molecular complexity index is 323. The molecule has 1 rings (SSSR count). The normalized spacial score (nSPS) is 9.69. The third-order valence-electron chi connectivity index (χ3n) is 1.42. The maximum Gasteiger partial charge on any atom is 0.295 e. The number of methoxy groups -OCH3 is 1. The second kappa shape index (κ2) is 4.46. The summed E-state index contributed by atoms with van der Waals surface area (Å²) < 4.78 is 4.82. The van der Waals surface area contributed by atoms with Crippen LogP contribution in [0.2, 0.25) is 0 Å². The smallest absolute Gasteiger partial charge is 0.295 e. The topological polar surface area (TPSA) is 87.2 Å². The predicted molar refractivity (Wildman–Crippen MR) is 47.0 cm³/mol. The average Bonchev–Trinajstić information content (AvgIpc) is 2.15. The standard InChI is InChI=1S/C7H11N3O3/c1-13-5-6(8-2-3-11)9-4-10-7(5)12/h4,11H,2-3H2,1H3,(H2,8,9,10,12). The number of hydrogen-bond donors (Lipinski definition) is 3. The summed E-state index contributed by atoms with van der Waals surface area (Å²) in [6, 6.07) is 0. The van der Waals surface area contributed by atoms with E-state index in [-0.39, 0.29) is 17.9 Å². The zero-order valence-electron chi connectivity index (χ0n) is 7.20. The maximum atomic E-state index is 11.1. The summed E-state index contributed by atoms with van der Waals surface area (Å²) in [5, 5.41) is 11.3. The van der Waals surface area contributed by atoms with E-state index >= 15 is 0 Å². The first kappa shape index (κ1) is 9.53. The minimum atomic E-state index is -0.349. The van der Waals surface area contributed by atoms with E-state index in [1.54, 1.807) is 0 Å². The molecule has 0 saturated heterocycles. The molecule has 0 amide bonds. The van der Waals surface area contributed by atoms with Gasteiger partial charge in [0.1, 0.15) is 0 Å². The van der Waals surface area contributed by atoms with Gasteiger partial charge in [-0.1, -0.05) is 0 Å². The van der Waals surface area contributed by atoms with Gasteiger partial charge in [-0.05, 0) is 0 Å². The molecule has 0 fully saturated rings. The quantitative estimate of drug-likeness (QED) is 0.570. The Morgan fingerprint density at radius 2 is 2.54 bits per heavy atom. The molecular weight excluding hydrogens is 174 g/mol. The summed E-state index contributed by atoms with van der Waals surface area (Å²) >= 11 is 0. The highest BCUT2D eigenvalue weighted by Gasteiger charge is 2.06. The molecule has 1 aromatic heterocycles. The van der Waals surface area contributed by atoms with Crippen LogP contribution in [0.25, 0.3) is 0 Å². The lowest BCUT2D eigenvalue weighted by Gasteiger charge is -2.06. The van der Waals surface area contributed by atoms with Gasteiger partial charge >= 0.3 is 0 Å². The third-order valence-corrected chi connectivity index (χ3v) is 1.42. The SMILES string of the molecule is COc1c(NCCO)nc[nH]c1=O. The zero-order valence-corrected chi connectivity index (χ0v) is 7.20. The molecule has 0 aliphatic carbocycles. The summed E-state index contributed by atoms with van der Waals surface area (Å²) in [7, 11) is 1.39. The van der Waals surface area contributed by atoms with Crippen molar-refractivity contribution in [2.45, 2.75) is 0 Å². The van der Waals surface area contributed by atoms with Crippen LogP contribution in [0, 0.1) is 0 Å². The van der Waals surface area contributed by atoms with Crippen molar-refractivity contribution in [3.05, 3.63) is 16.7 Å². The number of nitrogens with one attached hydrogen (secondary N) is 2. The van der Waals surface area contributed by atoms with Gasteiger partial charge in [0.2, 0.25) is 5.75 Å². The Kier molecular flexibility index (Phi) is 3.27. The molecule has 0 radical (unpaired) electrons. The van der Waals surface area contributed by atoms with Crippen LogP contribution in [0.15, 0.2) is 11.1 Å². The van der Waals surface area contributed by atoms with E-state index in [4.69, 9.17) is 9.84 Å². The van der Waals surface area contributed by atoms with Crippen molar-refractivity contribution in [2.24, 2.45) is 0 Å². The first-order valence-electron chi connectivity index (χ1n) is 3.76. The number of aromatic nitrogens is 2. The van der Waals surface area contributed by atoms with Crippen LogP contribution >= 0.6 is 0 Å². The highest BCUT2D eigenvalue weighted by Crippen LogP contribution is 2.12. The van der Waals surface area contributed by atoms with Gasteiger partial charge in [-0.15, -0.1) is 0 Å². The first-order chi connectivity index (χ1) is 6.29. The van der Waals surface area contributed by atoms with E-state index in [0.29, 0.717) is 12.4 Å². The molecule has 0 aliphatic heterocycles.